The molecule has 0 spiro atoms. The Morgan fingerprint density at radius 3 is 2.38 bits per heavy atom. The molecule has 0 aliphatic rings. The maximum atomic E-state index is 11.8. The van der Waals surface area contributed by atoms with Gasteiger partial charge in [-0.25, -0.2) is 0 Å². The molecule has 1 aromatic carbocycles. The van der Waals surface area contributed by atoms with Crippen LogP contribution in [0.1, 0.15) is 33.6 Å². The summed E-state index contributed by atoms with van der Waals surface area (Å²) in [5.74, 6) is 0.799. The highest BCUT2D eigenvalue weighted by atomic mass is 16.5. The Hall–Kier alpha value is -2.08. The van der Waals surface area contributed by atoms with Crippen molar-refractivity contribution in [2.75, 3.05) is 31.7 Å². The van der Waals surface area contributed by atoms with E-state index in [4.69, 9.17) is 9.47 Å². The first-order chi connectivity index (χ1) is 11.5. The van der Waals surface area contributed by atoms with Crippen LogP contribution in [0.25, 0.3) is 0 Å². The molecule has 2 amide bonds. The summed E-state index contributed by atoms with van der Waals surface area (Å²) in [5, 5.41) is 5.46. The van der Waals surface area contributed by atoms with Crippen molar-refractivity contribution in [3.05, 3.63) is 24.3 Å². The average molecular weight is 336 g/mol. The zero-order chi connectivity index (χ0) is 17.8. The van der Waals surface area contributed by atoms with Crippen molar-refractivity contribution in [2.45, 2.75) is 33.6 Å². The summed E-state index contributed by atoms with van der Waals surface area (Å²) in [5.41, 5.74) is 0.661. The number of carbonyl (C=O) groups is 2. The van der Waals surface area contributed by atoms with E-state index in [2.05, 4.69) is 24.5 Å². The van der Waals surface area contributed by atoms with Crippen LogP contribution in [-0.2, 0) is 14.3 Å². The maximum absolute atomic E-state index is 11.8. The zero-order valence-corrected chi connectivity index (χ0v) is 14.8. The van der Waals surface area contributed by atoms with Gasteiger partial charge in [-0.05, 0) is 43.0 Å². The van der Waals surface area contributed by atoms with Crippen LogP contribution < -0.4 is 15.4 Å². The summed E-state index contributed by atoms with van der Waals surface area (Å²) in [4.78, 5) is 23.3. The molecule has 24 heavy (non-hydrogen) atoms. The molecule has 0 aliphatic carbocycles. The van der Waals surface area contributed by atoms with E-state index in [9.17, 15) is 9.59 Å². The second kappa shape index (κ2) is 11.5. The first-order valence-corrected chi connectivity index (χ1v) is 8.38. The lowest BCUT2D eigenvalue weighted by Crippen LogP contribution is -2.30. The van der Waals surface area contributed by atoms with Crippen LogP contribution in [0, 0.1) is 5.92 Å². The fourth-order valence-electron chi connectivity index (χ4n) is 1.84. The number of anilines is 1. The van der Waals surface area contributed by atoms with Crippen LogP contribution in [-0.4, -0.2) is 38.2 Å². The minimum absolute atomic E-state index is 0.116. The third-order valence-corrected chi connectivity index (χ3v) is 3.12. The molecule has 0 aliphatic heterocycles. The van der Waals surface area contributed by atoms with Crippen LogP contribution in [0.4, 0.5) is 5.69 Å². The molecule has 0 unspecified atom stereocenters. The molecule has 134 valence electrons. The van der Waals surface area contributed by atoms with E-state index in [-0.39, 0.29) is 25.0 Å². The minimum atomic E-state index is -0.299. The molecule has 2 N–H and O–H groups in total. The van der Waals surface area contributed by atoms with Crippen LogP contribution in [0.3, 0.4) is 0 Å². The molecular weight excluding hydrogens is 308 g/mol. The number of hydrogen-bond acceptors (Lipinski definition) is 4. The van der Waals surface area contributed by atoms with Gasteiger partial charge in [0.25, 0.3) is 0 Å². The van der Waals surface area contributed by atoms with Gasteiger partial charge in [-0.1, -0.05) is 20.8 Å². The van der Waals surface area contributed by atoms with E-state index in [1.165, 1.54) is 0 Å². The van der Waals surface area contributed by atoms with Crippen LogP contribution >= 0.6 is 0 Å². The predicted octanol–water partition coefficient (Wildman–Crippen LogP) is 2.59. The smallest absolute Gasteiger partial charge is 0.250 e. The van der Waals surface area contributed by atoms with Crippen molar-refractivity contribution in [1.29, 1.82) is 0 Å². The van der Waals surface area contributed by atoms with Crippen molar-refractivity contribution in [3.8, 4) is 5.75 Å². The third kappa shape index (κ3) is 9.15. The van der Waals surface area contributed by atoms with E-state index in [0.717, 1.165) is 18.6 Å². The highest BCUT2D eigenvalue weighted by Crippen LogP contribution is 2.15. The van der Waals surface area contributed by atoms with Gasteiger partial charge in [0.2, 0.25) is 11.8 Å². The average Bonchev–Trinajstić information content (AvgIpc) is 2.54. The number of hydrogen-bond donors (Lipinski definition) is 2. The van der Waals surface area contributed by atoms with Crippen molar-refractivity contribution in [2.24, 2.45) is 5.92 Å². The summed E-state index contributed by atoms with van der Waals surface area (Å²) >= 11 is 0. The molecule has 0 atom stereocenters. The quantitative estimate of drug-likeness (QED) is 0.651. The molecule has 6 nitrogen and oxygen atoms in total. The highest BCUT2D eigenvalue weighted by Gasteiger charge is 2.06. The number of ether oxygens (including phenoxy) is 2. The van der Waals surface area contributed by atoms with Gasteiger partial charge in [-0.3, -0.25) is 9.59 Å². The second-order valence-electron chi connectivity index (χ2n) is 5.95. The Kier molecular flexibility index (Phi) is 9.53. The SMILES string of the molecule is CCCOc1ccc(NC(=O)COCC(=O)NCCC(C)C)cc1. The topological polar surface area (TPSA) is 76.7 Å². The third-order valence-electron chi connectivity index (χ3n) is 3.12. The van der Waals surface area contributed by atoms with Gasteiger partial charge in [-0.15, -0.1) is 0 Å². The normalized spacial score (nSPS) is 10.5. The lowest BCUT2D eigenvalue weighted by molar-refractivity contribution is -0.128. The molecule has 6 heteroatoms. The summed E-state index contributed by atoms with van der Waals surface area (Å²) in [6, 6.07) is 7.13. The fourth-order valence-corrected chi connectivity index (χ4v) is 1.84. The van der Waals surface area contributed by atoms with Gasteiger partial charge in [0, 0.05) is 12.2 Å². The fraction of sp³-hybridized carbons (Fsp3) is 0.556. The summed E-state index contributed by atoms with van der Waals surface area (Å²) < 4.78 is 10.6. The van der Waals surface area contributed by atoms with Crippen molar-refractivity contribution >= 4 is 17.5 Å². The molecule has 0 heterocycles. The number of nitrogens with one attached hydrogen (secondary N) is 2. The molecule has 0 aromatic heterocycles. The van der Waals surface area contributed by atoms with Gasteiger partial charge in [0.1, 0.15) is 19.0 Å². The van der Waals surface area contributed by atoms with Crippen molar-refractivity contribution in [3.63, 3.8) is 0 Å². The highest BCUT2D eigenvalue weighted by molar-refractivity contribution is 5.91. The molecule has 0 radical (unpaired) electrons. The van der Waals surface area contributed by atoms with Crippen molar-refractivity contribution in [1.82, 2.24) is 5.32 Å². The lowest BCUT2D eigenvalue weighted by atomic mass is 10.1. The number of carbonyl (C=O) groups excluding carboxylic acids is 2. The van der Waals surface area contributed by atoms with Crippen LogP contribution in [0.15, 0.2) is 24.3 Å². The molecular formula is C18H28N2O4. The largest absolute Gasteiger partial charge is 0.494 e. The second-order valence-corrected chi connectivity index (χ2v) is 5.95. The summed E-state index contributed by atoms with van der Waals surface area (Å²) in [6.45, 7) is 7.24. The number of rotatable bonds is 11. The first-order valence-electron chi connectivity index (χ1n) is 8.38. The van der Waals surface area contributed by atoms with Crippen LogP contribution in [0.5, 0.6) is 5.75 Å². The number of benzene rings is 1. The van der Waals surface area contributed by atoms with E-state index >= 15 is 0 Å². The Bertz CT molecular complexity index is 500. The molecule has 1 aromatic rings. The Morgan fingerprint density at radius 1 is 1.08 bits per heavy atom. The monoisotopic (exact) mass is 336 g/mol. The van der Waals surface area contributed by atoms with Gasteiger partial charge < -0.3 is 20.1 Å². The molecule has 0 saturated heterocycles. The Labute approximate surface area is 143 Å². The molecule has 0 saturated carbocycles. The number of amides is 2. The van der Waals surface area contributed by atoms with Gasteiger partial charge in [0.05, 0.1) is 6.61 Å². The predicted molar refractivity (Wildman–Crippen MR) is 94.1 cm³/mol. The van der Waals surface area contributed by atoms with E-state index in [1.54, 1.807) is 24.3 Å². The molecule has 0 fully saturated rings. The van der Waals surface area contributed by atoms with Gasteiger partial charge in [-0.2, -0.15) is 0 Å². The summed E-state index contributed by atoms with van der Waals surface area (Å²) in [6.07, 6.45) is 1.87. The molecule has 0 bridgehead atoms. The van der Waals surface area contributed by atoms with Gasteiger partial charge >= 0.3 is 0 Å². The lowest BCUT2D eigenvalue weighted by Gasteiger charge is -2.09. The van der Waals surface area contributed by atoms with Crippen LogP contribution in [0.2, 0.25) is 0 Å². The maximum Gasteiger partial charge on any atom is 0.250 e. The first kappa shape index (κ1) is 20.0. The molecule has 1 rings (SSSR count). The Balaban J connectivity index is 2.20. The zero-order valence-electron chi connectivity index (χ0n) is 14.8. The van der Waals surface area contributed by atoms with E-state index < -0.39 is 0 Å². The van der Waals surface area contributed by atoms with Crippen molar-refractivity contribution < 1.29 is 19.1 Å². The standard InChI is InChI=1S/C18H28N2O4/c1-4-11-24-16-7-5-15(6-8-16)20-18(22)13-23-12-17(21)19-10-9-14(2)3/h5-8,14H,4,9-13H2,1-3H3,(H,19,21)(H,20,22). The van der Waals surface area contributed by atoms with E-state index in [0.29, 0.717) is 24.8 Å². The minimum Gasteiger partial charge on any atom is -0.494 e. The Morgan fingerprint density at radius 2 is 1.75 bits per heavy atom. The summed E-state index contributed by atoms with van der Waals surface area (Å²) in [7, 11) is 0. The van der Waals surface area contributed by atoms with Gasteiger partial charge in [0.15, 0.2) is 0 Å². The van der Waals surface area contributed by atoms with E-state index in [1.807, 2.05) is 6.92 Å².